The molecule has 2 heterocycles. The van der Waals surface area contributed by atoms with Gasteiger partial charge in [-0.3, -0.25) is 19.4 Å². The average Bonchev–Trinajstić information content (AvgIpc) is 3.13. The van der Waals surface area contributed by atoms with Gasteiger partial charge in [-0.05, 0) is 64.2 Å². The third-order valence-corrected chi connectivity index (χ3v) is 7.47. The van der Waals surface area contributed by atoms with Crippen LogP contribution in [0, 0.1) is 0 Å². The lowest BCUT2D eigenvalue weighted by molar-refractivity contribution is -0.136. The van der Waals surface area contributed by atoms with E-state index in [1.54, 1.807) is 36.2 Å². The number of carbonyl (C=O) groups excluding carboxylic acids is 1. The molecule has 1 saturated heterocycles. The number of rotatable bonds is 6. The van der Waals surface area contributed by atoms with E-state index < -0.39 is 5.97 Å². The van der Waals surface area contributed by atoms with Crippen LogP contribution in [0.4, 0.5) is 5.69 Å². The predicted octanol–water partition coefficient (Wildman–Crippen LogP) is 5.11. The largest absolute Gasteiger partial charge is 0.481 e. The predicted molar refractivity (Wildman–Crippen MR) is 144 cm³/mol. The lowest BCUT2D eigenvalue weighted by atomic mass is 9.99. The van der Waals surface area contributed by atoms with Gasteiger partial charge in [0.25, 0.3) is 5.91 Å². The second kappa shape index (κ2) is 10.5. The molecule has 2 aliphatic rings. The molecule has 0 bridgehead atoms. The van der Waals surface area contributed by atoms with Gasteiger partial charge in [0.1, 0.15) is 0 Å². The van der Waals surface area contributed by atoms with Crippen LogP contribution in [0.15, 0.2) is 82.7 Å². The molecule has 36 heavy (non-hydrogen) atoms. The molecule has 0 spiro atoms. The molecule has 3 aromatic rings. The number of hydrogen-bond acceptors (Lipinski definition) is 5. The molecule has 1 fully saturated rings. The van der Waals surface area contributed by atoms with Gasteiger partial charge in [0.05, 0.1) is 17.0 Å². The monoisotopic (exact) mass is 497 g/mol. The number of carboxylic acid groups (broad SMARTS) is 1. The van der Waals surface area contributed by atoms with Crippen LogP contribution in [0.5, 0.6) is 0 Å². The number of amidine groups is 1. The van der Waals surface area contributed by atoms with Crippen LogP contribution in [0.2, 0.25) is 0 Å². The van der Waals surface area contributed by atoms with Gasteiger partial charge in [-0.25, -0.2) is 4.99 Å². The average molecular weight is 498 g/mol. The maximum absolute atomic E-state index is 12.8. The summed E-state index contributed by atoms with van der Waals surface area (Å²) < 4.78 is 0. The van der Waals surface area contributed by atoms with Crippen LogP contribution in [0.3, 0.4) is 0 Å². The zero-order valence-corrected chi connectivity index (χ0v) is 20.9. The Morgan fingerprint density at radius 2 is 1.69 bits per heavy atom. The van der Waals surface area contributed by atoms with Gasteiger partial charge in [0.15, 0.2) is 5.17 Å². The third-order valence-electron chi connectivity index (χ3n) is 6.41. The normalized spacial score (nSPS) is 18.1. The molecule has 0 atom stereocenters. The topological polar surface area (TPSA) is 73.2 Å². The van der Waals surface area contributed by atoms with Crippen molar-refractivity contribution < 1.29 is 14.7 Å². The number of aliphatic imine (C=N–C) groups is 1. The summed E-state index contributed by atoms with van der Waals surface area (Å²) >= 11 is 1.34. The van der Waals surface area contributed by atoms with Crippen LogP contribution in [0.25, 0.3) is 6.08 Å². The number of carbonyl (C=O) groups is 2. The number of likely N-dealkylation sites (N-methyl/N-ethyl adjacent to an activating group) is 1. The van der Waals surface area contributed by atoms with Crippen LogP contribution < -0.4 is 0 Å². The molecule has 5 rings (SSSR count). The van der Waals surface area contributed by atoms with Crippen molar-refractivity contribution in [2.24, 2.45) is 4.99 Å². The number of aliphatic carboxylic acids is 1. The van der Waals surface area contributed by atoms with E-state index in [0.29, 0.717) is 21.3 Å². The lowest BCUT2D eigenvalue weighted by Gasteiger charge is -2.28. The number of amides is 1. The Morgan fingerprint density at radius 3 is 2.42 bits per heavy atom. The Labute approximate surface area is 215 Å². The van der Waals surface area contributed by atoms with Crippen molar-refractivity contribution in [2.45, 2.75) is 25.9 Å². The molecule has 1 amide bonds. The maximum Gasteiger partial charge on any atom is 0.307 e. The van der Waals surface area contributed by atoms with Gasteiger partial charge < -0.3 is 5.11 Å². The highest BCUT2D eigenvalue weighted by Gasteiger charge is 2.30. The third kappa shape index (κ3) is 5.58. The summed E-state index contributed by atoms with van der Waals surface area (Å²) in [6, 6.07) is 24.1. The van der Waals surface area contributed by atoms with E-state index in [4.69, 9.17) is 5.11 Å². The van der Waals surface area contributed by atoms with Crippen LogP contribution >= 0.6 is 11.8 Å². The van der Waals surface area contributed by atoms with Gasteiger partial charge in [-0.2, -0.15) is 0 Å². The minimum atomic E-state index is -0.870. The first-order valence-corrected chi connectivity index (χ1v) is 12.7. The molecule has 0 radical (unpaired) electrons. The highest BCUT2D eigenvalue weighted by molar-refractivity contribution is 8.18. The zero-order chi connectivity index (χ0) is 25.1. The summed E-state index contributed by atoms with van der Waals surface area (Å²) in [6.07, 6.45) is 2.97. The van der Waals surface area contributed by atoms with Crippen molar-refractivity contribution in [3.05, 3.63) is 106 Å². The summed E-state index contributed by atoms with van der Waals surface area (Å²) in [6.45, 7) is 2.94. The van der Waals surface area contributed by atoms with Gasteiger partial charge >= 0.3 is 5.97 Å². The van der Waals surface area contributed by atoms with Crippen molar-refractivity contribution in [2.75, 3.05) is 13.6 Å². The van der Waals surface area contributed by atoms with Gasteiger partial charge in [-0.15, -0.1) is 0 Å². The van der Waals surface area contributed by atoms with E-state index in [-0.39, 0.29) is 12.3 Å². The van der Waals surface area contributed by atoms with E-state index in [1.165, 1.54) is 28.5 Å². The fourth-order valence-corrected chi connectivity index (χ4v) is 5.43. The molecular weight excluding hydrogens is 470 g/mol. The number of fused-ring (bicyclic) bond motifs is 1. The van der Waals surface area contributed by atoms with E-state index >= 15 is 0 Å². The summed E-state index contributed by atoms with van der Waals surface area (Å²) in [4.78, 5) is 32.9. The minimum Gasteiger partial charge on any atom is -0.481 e. The second-order valence-corrected chi connectivity index (χ2v) is 10.1. The Balaban J connectivity index is 1.24. The van der Waals surface area contributed by atoms with Crippen molar-refractivity contribution in [3.63, 3.8) is 0 Å². The molecule has 1 N–H and O–H groups in total. The molecule has 2 aliphatic heterocycles. The Morgan fingerprint density at radius 1 is 1.00 bits per heavy atom. The number of benzene rings is 3. The van der Waals surface area contributed by atoms with Crippen LogP contribution in [-0.4, -0.2) is 45.5 Å². The van der Waals surface area contributed by atoms with Gasteiger partial charge in [0, 0.05) is 26.7 Å². The van der Waals surface area contributed by atoms with E-state index in [9.17, 15) is 9.59 Å². The molecule has 0 unspecified atom stereocenters. The molecule has 0 aromatic heterocycles. The fraction of sp³-hybridized carbons (Fsp3) is 0.207. The quantitative estimate of drug-likeness (QED) is 0.480. The lowest BCUT2D eigenvalue weighted by Crippen LogP contribution is -2.29. The van der Waals surface area contributed by atoms with Crippen molar-refractivity contribution in [1.82, 2.24) is 9.80 Å². The summed E-state index contributed by atoms with van der Waals surface area (Å²) in [5.41, 5.74) is 6.50. The first kappa shape index (κ1) is 24.0. The van der Waals surface area contributed by atoms with E-state index in [0.717, 1.165) is 31.6 Å². The molecule has 0 saturated carbocycles. The van der Waals surface area contributed by atoms with Crippen molar-refractivity contribution in [1.29, 1.82) is 0 Å². The zero-order valence-electron chi connectivity index (χ0n) is 20.1. The number of hydrogen-bond donors (Lipinski definition) is 1. The smallest absolute Gasteiger partial charge is 0.307 e. The minimum absolute atomic E-state index is 0.0261. The van der Waals surface area contributed by atoms with Crippen LogP contribution in [0.1, 0.15) is 27.8 Å². The van der Waals surface area contributed by atoms with E-state index in [2.05, 4.69) is 58.4 Å². The molecule has 6 nitrogen and oxygen atoms in total. The molecule has 0 aliphatic carbocycles. The fourth-order valence-electron chi connectivity index (χ4n) is 4.44. The standard InChI is InChI=1S/C29H27N3O3S/c1-31-28(35)26(36-29(31)30-25-12-10-21(11-13-25)17-27(33)34)16-20-6-8-22(9-7-20)18-32-15-14-23-4-2-3-5-24(23)19-32/h2-13,16H,14-15,17-19H2,1H3,(H,33,34)/b26-16-,30-29?. The number of thioether (sulfide) groups is 1. The Kier molecular flexibility index (Phi) is 7.02. The van der Waals surface area contributed by atoms with Gasteiger partial charge in [-0.1, -0.05) is 60.7 Å². The highest BCUT2D eigenvalue weighted by Crippen LogP contribution is 2.33. The first-order valence-electron chi connectivity index (χ1n) is 11.9. The highest BCUT2D eigenvalue weighted by atomic mass is 32.2. The summed E-state index contributed by atoms with van der Waals surface area (Å²) in [7, 11) is 1.72. The number of carboxylic acids is 1. The summed E-state index contributed by atoms with van der Waals surface area (Å²) in [5, 5.41) is 9.51. The Hall–Kier alpha value is -3.68. The molecule has 182 valence electrons. The molecular formula is C29H27N3O3S. The van der Waals surface area contributed by atoms with E-state index in [1.807, 2.05) is 6.08 Å². The second-order valence-electron chi connectivity index (χ2n) is 9.08. The molecule has 7 heteroatoms. The number of nitrogens with zero attached hydrogens (tertiary/aromatic N) is 3. The van der Waals surface area contributed by atoms with Crippen molar-refractivity contribution in [3.8, 4) is 0 Å². The van der Waals surface area contributed by atoms with Crippen molar-refractivity contribution >= 4 is 40.6 Å². The Bertz CT molecular complexity index is 1350. The first-order chi connectivity index (χ1) is 17.4. The van der Waals surface area contributed by atoms with Gasteiger partial charge in [0.2, 0.25) is 0 Å². The maximum atomic E-state index is 12.8. The SMILES string of the molecule is CN1C(=O)/C(=C/c2ccc(CN3CCc4ccccc4C3)cc2)SC1=Nc1ccc(CC(=O)O)cc1. The molecule has 3 aromatic carbocycles. The summed E-state index contributed by atoms with van der Waals surface area (Å²) in [5.74, 6) is -0.955. The van der Waals surface area contributed by atoms with Crippen LogP contribution in [-0.2, 0) is 35.5 Å².